The van der Waals surface area contributed by atoms with Gasteiger partial charge in [-0.3, -0.25) is 4.79 Å². The van der Waals surface area contributed by atoms with E-state index in [1.165, 1.54) is 0 Å². The summed E-state index contributed by atoms with van der Waals surface area (Å²) in [5.41, 5.74) is 3.59. The van der Waals surface area contributed by atoms with Crippen molar-refractivity contribution in [3.05, 3.63) is 64.1 Å². The lowest BCUT2D eigenvalue weighted by molar-refractivity contribution is -0.107. The quantitative estimate of drug-likeness (QED) is 0.693. The Hall–Kier alpha value is -2.88. The molecule has 0 bridgehead atoms. The molecule has 0 aliphatic rings. The van der Waals surface area contributed by atoms with Crippen LogP contribution in [0.2, 0.25) is 0 Å². The molecule has 0 N–H and O–H groups in total. The lowest BCUT2D eigenvalue weighted by Gasteiger charge is -2.17. The number of aromatic nitrogens is 1. The van der Waals surface area contributed by atoms with Crippen LogP contribution in [-0.2, 0) is 18.3 Å². The van der Waals surface area contributed by atoms with Gasteiger partial charge in [0.15, 0.2) is 0 Å². The smallest absolute Gasteiger partial charge is 0.258 e. The van der Waals surface area contributed by atoms with Gasteiger partial charge in [-0.2, -0.15) is 0 Å². The molecule has 0 amide bonds. The average Bonchev–Trinajstić information content (AvgIpc) is 2.60. The highest BCUT2D eigenvalue weighted by molar-refractivity contribution is 5.98. The van der Waals surface area contributed by atoms with E-state index in [-0.39, 0.29) is 12.0 Å². The summed E-state index contributed by atoms with van der Waals surface area (Å²) in [4.78, 5) is 23.8. The molecule has 0 saturated carbocycles. The highest BCUT2D eigenvalue weighted by Crippen LogP contribution is 2.32. The number of hydrogen-bond donors (Lipinski definition) is 0. The van der Waals surface area contributed by atoms with Crippen molar-refractivity contribution in [2.24, 2.45) is 7.05 Å². The van der Waals surface area contributed by atoms with Crippen LogP contribution >= 0.6 is 0 Å². The summed E-state index contributed by atoms with van der Waals surface area (Å²) < 4.78 is 6.80. The summed E-state index contributed by atoms with van der Waals surface area (Å²) in [5.74, 6) is 0.765. The average molecular weight is 321 g/mol. The minimum absolute atomic E-state index is 0.0842. The van der Waals surface area contributed by atoms with Gasteiger partial charge < -0.3 is 14.1 Å². The van der Waals surface area contributed by atoms with Crippen LogP contribution in [0.4, 0.5) is 0 Å². The maximum atomic E-state index is 12.6. The van der Waals surface area contributed by atoms with E-state index in [0.717, 1.165) is 39.8 Å². The van der Waals surface area contributed by atoms with Crippen molar-refractivity contribution in [1.82, 2.24) is 4.57 Å². The fraction of sp³-hybridized carbons (Fsp3) is 0.200. The molecule has 0 unspecified atom stereocenters. The number of methoxy groups -OCH3 is 1. The summed E-state index contributed by atoms with van der Waals surface area (Å²) in [6, 6.07) is 13.5. The zero-order valence-corrected chi connectivity index (χ0v) is 14.0. The summed E-state index contributed by atoms with van der Waals surface area (Å²) in [6.45, 7) is 1.99. The third-order valence-electron chi connectivity index (χ3n) is 4.33. The summed E-state index contributed by atoms with van der Waals surface area (Å²) >= 11 is 0. The van der Waals surface area contributed by atoms with Crippen LogP contribution in [0.15, 0.2) is 47.3 Å². The molecular weight excluding hydrogens is 302 g/mol. The lowest BCUT2D eigenvalue weighted by atomic mass is 9.94. The number of ether oxygens (including phenoxy) is 1. The van der Waals surface area contributed by atoms with Gasteiger partial charge in [0, 0.05) is 30.1 Å². The Bertz CT molecular complexity index is 969. The normalized spacial score (nSPS) is 10.8. The molecule has 0 radical (unpaired) electrons. The molecule has 0 fully saturated rings. The Morgan fingerprint density at radius 1 is 1.08 bits per heavy atom. The SMILES string of the molecule is COc1ccc(-c2c(CC=O)n(C)c(=O)c3ccc(C)cc23)cc1. The standard InChI is InChI=1S/C20H19NO3/c1-13-4-9-16-17(12-13)19(14-5-7-15(24-3)8-6-14)18(10-11-22)21(2)20(16)23/h4-9,11-12H,10H2,1-3H3. The summed E-state index contributed by atoms with van der Waals surface area (Å²) in [5, 5.41) is 1.53. The number of carbonyl (C=O) groups excluding carboxylic acids is 1. The molecule has 24 heavy (non-hydrogen) atoms. The van der Waals surface area contributed by atoms with E-state index in [9.17, 15) is 9.59 Å². The number of aryl methyl sites for hydroxylation is 1. The fourth-order valence-electron chi connectivity index (χ4n) is 3.08. The maximum absolute atomic E-state index is 12.6. The van der Waals surface area contributed by atoms with E-state index < -0.39 is 0 Å². The van der Waals surface area contributed by atoms with Crippen molar-refractivity contribution in [3.8, 4) is 16.9 Å². The van der Waals surface area contributed by atoms with Crippen LogP contribution in [0, 0.1) is 6.92 Å². The predicted octanol–water partition coefficient (Wildman–Crippen LogP) is 3.26. The molecule has 3 rings (SSSR count). The second-order valence-corrected chi connectivity index (χ2v) is 5.83. The highest BCUT2D eigenvalue weighted by Gasteiger charge is 2.16. The Morgan fingerprint density at radius 3 is 2.42 bits per heavy atom. The zero-order chi connectivity index (χ0) is 17.3. The molecule has 2 aromatic carbocycles. The molecule has 4 heteroatoms. The number of fused-ring (bicyclic) bond motifs is 1. The summed E-state index contributed by atoms with van der Waals surface area (Å²) in [6.07, 6.45) is 1.03. The second kappa shape index (κ2) is 6.32. The Balaban J connectivity index is 2.43. The molecule has 0 aliphatic carbocycles. The molecule has 1 aromatic heterocycles. The molecule has 0 atom stereocenters. The minimum atomic E-state index is -0.0842. The topological polar surface area (TPSA) is 48.3 Å². The van der Waals surface area contributed by atoms with Gasteiger partial charge in [-0.1, -0.05) is 29.8 Å². The van der Waals surface area contributed by atoms with Gasteiger partial charge in [0.05, 0.1) is 7.11 Å². The predicted molar refractivity (Wildman–Crippen MR) is 95.7 cm³/mol. The Kier molecular flexibility index (Phi) is 4.21. The number of aldehydes is 1. The van der Waals surface area contributed by atoms with E-state index in [0.29, 0.717) is 5.39 Å². The van der Waals surface area contributed by atoms with E-state index in [1.54, 1.807) is 18.7 Å². The van der Waals surface area contributed by atoms with Gasteiger partial charge in [-0.05, 0) is 36.1 Å². The molecule has 0 saturated heterocycles. The molecule has 4 nitrogen and oxygen atoms in total. The highest BCUT2D eigenvalue weighted by atomic mass is 16.5. The first-order valence-corrected chi connectivity index (χ1v) is 7.77. The number of hydrogen-bond acceptors (Lipinski definition) is 3. The van der Waals surface area contributed by atoms with Crippen molar-refractivity contribution in [2.75, 3.05) is 7.11 Å². The molecule has 122 valence electrons. The Morgan fingerprint density at radius 2 is 1.79 bits per heavy atom. The first-order valence-electron chi connectivity index (χ1n) is 7.77. The van der Waals surface area contributed by atoms with Gasteiger partial charge in [0.25, 0.3) is 5.56 Å². The van der Waals surface area contributed by atoms with Crippen molar-refractivity contribution in [1.29, 1.82) is 0 Å². The molecule has 1 heterocycles. The van der Waals surface area contributed by atoms with Crippen molar-refractivity contribution < 1.29 is 9.53 Å². The van der Waals surface area contributed by atoms with E-state index in [1.807, 2.05) is 49.4 Å². The Labute approximate surface area is 140 Å². The van der Waals surface area contributed by atoms with Crippen molar-refractivity contribution in [3.63, 3.8) is 0 Å². The third kappa shape index (κ3) is 2.60. The van der Waals surface area contributed by atoms with Gasteiger partial charge in [-0.15, -0.1) is 0 Å². The zero-order valence-electron chi connectivity index (χ0n) is 14.0. The van der Waals surface area contributed by atoms with Crippen LogP contribution in [-0.4, -0.2) is 18.0 Å². The molecule has 3 aromatic rings. The van der Waals surface area contributed by atoms with Gasteiger partial charge in [0.1, 0.15) is 12.0 Å². The van der Waals surface area contributed by atoms with Gasteiger partial charge >= 0.3 is 0 Å². The number of nitrogens with zero attached hydrogens (tertiary/aromatic N) is 1. The largest absolute Gasteiger partial charge is 0.497 e. The van der Waals surface area contributed by atoms with Crippen LogP contribution in [0.5, 0.6) is 5.75 Å². The van der Waals surface area contributed by atoms with E-state index in [2.05, 4.69) is 0 Å². The maximum Gasteiger partial charge on any atom is 0.258 e. The lowest BCUT2D eigenvalue weighted by Crippen LogP contribution is -2.22. The van der Waals surface area contributed by atoms with E-state index >= 15 is 0 Å². The first kappa shape index (κ1) is 16.0. The first-order chi connectivity index (χ1) is 11.6. The van der Waals surface area contributed by atoms with Crippen molar-refractivity contribution in [2.45, 2.75) is 13.3 Å². The monoisotopic (exact) mass is 321 g/mol. The van der Waals surface area contributed by atoms with E-state index in [4.69, 9.17) is 4.74 Å². The van der Waals surface area contributed by atoms with Gasteiger partial charge in [0.2, 0.25) is 0 Å². The number of benzene rings is 2. The van der Waals surface area contributed by atoms with Crippen molar-refractivity contribution >= 4 is 17.1 Å². The van der Waals surface area contributed by atoms with Gasteiger partial charge in [-0.25, -0.2) is 0 Å². The molecule has 0 aliphatic heterocycles. The minimum Gasteiger partial charge on any atom is -0.497 e. The number of pyridine rings is 1. The molecule has 0 spiro atoms. The van der Waals surface area contributed by atoms with Crippen LogP contribution in [0.1, 0.15) is 11.3 Å². The van der Waals surface area contributed by atoms with Crippen LogP contribution in [0.25, 0.3) is 21.9 Å². The van der Waals surface area contributed by atoms with Crippen LogP contribution < -0.4 is 10.3 Å². The number of rotatable bonds is 4. The second-order valence-electron chi connectivity index (χ2n) is 5.83. The summed E-state index contributed by atoms with van der Waals surface area (Å²) in [7, 11) is 3.34. The van der Waals surface area contributed by atoms with Crippen LogP contribution in [0.3, 0.4) is 0 Å². The third-order valence-corrected chi connectivity index (χ3v) is 4.33. The fourth-order valence-corrected chi connectivity index (χ4v) is 3.08. The number of carbonyl (C=O) groups is 1. The molecular formula is C20H19NO3.